The molecule has 19 heavy (non-hydrogen) atoms. The Bertz CT molecular complexity index is 340. The average Bonchev–Trinajstić information content (AvgIpc) is 2.38. The highest BCUT2D eigenvalue weighted by Crippen LogP contribution is 2.18. The van der Waals surface area contributed by atoms with E-state index in [0.717, 1.165) is 19.4 Å². The van der Waals surface area contributed by atoms with Crippen molar-refractivity contribution in [2.45, 2.75) is 19.8 Å². The average molecular weight is 293 g/mol. The van der Waals surface area contributed by atoms with Gasteiger partial charge in [0.1, 0.15) is 0 Å². The second kappa shape index (κ2) is 8.16. The van der Waals surface area contributed by atoms with Crippen molar-refractivity contribution in [1.82, 2.24) is 14.3 Å². The molecule has 1 aliphatic heterocycles. The van der Waals surface area contributed by atoms with E-state index in [1.54, 1.807) is 11.4 Å². The molecule has 1 atom stereocenters. The lowest BCUT2D eigenvalue weighted by atomic mass is 9.98. The van der Waals surface area contributed by atoms with Crippen molar-refractivity contribution in [2.75, 3.05) is 46.9 Å². The Morgan fingerprint density at radius 1 is 1.37 bits per heavy atom. The van der Waals surface area contributed by atoms with Gasteiger partial charge in [-0.15, -0.1) is 0 Å². The number of methoxy groups -OCH3 is 1. The molecule has 1 unspecified atom stereocenters. The van der Waals surface area contributed by atoms with Crippen LogP contribution < -0.4 is 10.0 Å². The van der Waals surface area contributed by atoms with E-state index in [2.05, 4.69) is 10.0 Å². The monoisotopic (exact) mass is 293 g/mol. The van der Waals surface area contributed by atoms with Crippen LogP contribution >= 0.6 is 0 Å². The van der Waals surface area contributed by atoms with Gasteiger partial charge in [0.25, 0.3) is 10.2 Å². The van der Waals surface area contributed by atoms with E-state index in [1.165, 1.54) is 0 Å². The van der Waals surface area contributed by atoms with Crippen molar-refractivity contribution >= 4 is 10.2 Å². The smallest absolute Gasteiger partial charge is 0.279 e. The molecule has 0 radical (unpaired) electrons. The summed E-state index contributed by atoms with van der Waals surface area (Å²) < 4.78 is 33.5. The fraction of sp³-hybridized carbons (Fsp3) is 1.00. The second-order valence-corrected chi connectivity index (χ2v) is 7.07. The van der Waals surface area contributed by atoms with E-state index in [1.807, 2.05) is 14.0 Å². The number of ether oxygens (including phenoxy) is 1. The summed E-state index contributed by atoms with van der Waals surface area (Å²) in [5.41, 5.74) is 0. The van der Waals surface area contributed by atoms with E-state index < -0.39 is 10.2 Å². The maximum absolute atomic E-state index is 12.1. The maximum Gasteiger partial charge on any atom is 0.279 e. The minimum absolute atomic E-state index is 0.182. The molecule has 114 valence electrons. The Kier molecular flexibility index (Phi) is 7.23. The standard InChI is InChI=1S/C12H27N3O3S/c1-11(10-18-3)8-14-19(16,17)15-6-4-12(5-7-15)9-13-2/h11-14H,4-10H2,1-3H3. The molecule has 0 saturated carbocycles. The molecular formula is C12H27N3O3S. The van der Waals surface area contributed by atoms with Gasteiger partial charge in [0.15, 0.2) is 0 Å². The van der Waals surface area contributed by atoms with Crippen LogP contribution in [-0.2, 0) is 14.9 Å². The van der Waals surface area contributed by atoms with Crippen LogP contribution in [0.15, 0.2) is 0 Å². The Labute approximate surface area is 117 Å². The van der Waals surface area contributed by atoms with Gasteiger partial charge < -0.3 is 10.1 Å². The van der Waals surface area contributed by atoms with E-state index >= 15 is 0 Å². The normalized spacial score (nSPS) is 20.6. The maximum atomic E-state index is 12.1. The third kappa shape index (κ3) is 5.74. The Hall–Kier alpha value is -0.210. The third-order valence-electron chi connectivity index (χ3n) is 3.47. The topological polar surface area (TPSA) is 70.7 Å². The lowest BCUT2D eigenvalue weighted by Crippen LogP contribution is -2.47. The summed E-state index contributed by atoms with van der Waals surface area (Å²) in [5.74, 6) is 0.769. The van der Waals surface area contributed by atoms with E-state index in [9.17, 15) is 8.42 Å². The van der Waals surface area contributed by atoms with Crippen LogP contribution in [0.2, 0.25) is 0 Å². The van der Waals surface area contributed by atoms with Gasteiger partial charge in [-0.2, -0.15) is 12.7 Å². The largest absolute Gasteiger partial charge is 0.384 e. The highest BCUT2D eigenvalue weighted by Gasteiger charge is 2.27. The van der Waals surface area contributed by atoms with Crippen molar-refractivity contribution < 1.29 is 13.2 Å². The third-order valence-corrected chi connectivity index (χ3v) is 5.05. The fourth-order valence-corrected chi connectivity index (χ4v) is 3.69. The van der Waals surface area contributed by atoms with Crippen molar-refractivity contribution in [3.05, 3.63) is 0 Å². The lowest BCUT2D eigenvalue weighted by Gasteiger charge is -2.31. The molecule has 1 fully saturated rings. The van der Waals surface area contributed by atoms with E-state index in [4.69, 9.17) is 4.74 Å². The molecule has 0 aromatic carbocycles. The van der Waals surface area contributed by atoms with Gasteiger partial charge in [-0.25, -0.2) is 4.72 Å². The van der Waals surface area contributed by atoms with Crippen molar-refractivity contribution in [1.29, 1.82) is 0 Å². The van der Waals surface area contributed by atoms with E-state index in [0.29, 0.717) is 32.2 Å². The first-order chi connectivity index (χ1) is 8.99. The van der Waals surface area contributed by atoms with Gasteiger partial charge >= 0.3 is 0 Å². The molecule has 0 aromatic heterocycles. The van der Waals surface area contributed by atoms with Gasteiger partial charge in [-0.3, -0.25) is 0 Å². The summed E-state index contributed by atoms with van der Waals surface area (Å²) in [6, 6.07) is 0. The van der Waals surface area contributed by atoms with Crippen LogP contribution in [0.5, 0.6) is 0 Å². The highest BCUT2D eigenvalue weighted by atomic mass is 32.2. The summed E-state index contributed by atoms with van der Waals surface area (Å²) >= 11 is 0. The first-order valence-corrected chi connectivity index (χ1v) is 8.32. The van der Waals surface area contributed by atoms with Crippen LogP contribution in [0, 0.1) is 11.8 Å². The molecule has 0 aliphatic carbocycles. The molecule has 1 rings (SSSR count). The molecule has 1 heterocycles. The minimum atomic E-state index is -3.33. The summed E-state index contributed by atoms with van der Waals surface area (Å²) in [5, 5.41) is 3.15. The van der Waals surface area contributed by atoms with Crippen molar-refractivity contribution in [3.63, 3.8) is 0 Å². The van der Waals surface area contributed by atoms with Gasteiger partial charge in [-0.05, 0) is 38.3 Å². The zero-order chi connectivity index (χ0) is 14.3. The minimum Gasteiger partial charge on any atom is -0.384 e. The zero-order valence-corrected chi connectivity index (χ0v) is 13.0. The number of rotatable bonds is 8. The molecule has 2 N–H and O–H groups in total. The molecule has 6 nitrogen and oxygen atoms in total. The van der Waals surface area contributed by atoms with Crippen LogP contribution in [0.4, 0.5) is 0 Å². The number of nitrogens with zero attached hydrogens (tertiary/aromatic N) is 1. The SMILES string of the molecule is CNCC1CCN(S(=O)(=O)NCC(C)COC)CC1. The highest BCUT2D eigenvalue weighted by molar-refractivity contribution is 7.87. The quantitative estimate of drug-likeness (QED) is 0.663. The Morgan fingerprint density at radius 3 is 2.53 bits per heavy atom. The predicted molar refractivity (Wildman–Crippen MR) is 76.2 cm³/mol. The van der Waals surface area contributed by atoms with Crippen LogP contribution in [0.1, 0.15) is 19.8 Å². The first-order valence-electron chi connectivity index (χ1n) is 6.88. The second-order valence-electron chi connectivity index (χ2n) is 5.31. The van der Waals surface area contributed by atoms with Gasteiger partial charge in [0.2, 0.25) is 0 Å². The lowest BCUT2D eigenvalue weighted by molar-refractivity contribution is 0.160. The molecular weight excluding hydrogens is 266 g/mol. The molecule has 0 amide bonds. The molecule has 0 spiro atoms. The van der Waals surface area contributed by atoms with Crippen molar-refractivity contribution in [2.24, 2.45) is 11.8 Å². The van der Waals surface area contributed by atoms with Crippen LogP contribution in [-0.4, -0.2) is 59.7 Å². The predicted octanol–water partition coefficient (Wildman–Crippen LogP) is 0.0347. The van der Waals surface area contributed by atoms with Gasteiger partial charge in [0.05, 0.1) is 0 Å². The van der Waals surface area contributed by atoms with Crippen molar-refractivity contribution in [3.8, 4) is 0 Å². The van der Waals surface area contributed by atoms with Crippen LogP contribution in [0.25, 0.3) is 0 Å². The molecule has 1 saturated heterocycles. The Morgan fingerprint density at radius 2 is 2.00 bits per heavy atom. The number of hydrogen-bond acceptors (Lipinski definition) is 4. The molecule has 7 heteroatoms. The number of hydrogen-bond donors (Lipinski definition) is 2. The van der Waals surface area contributed by atoms with Gasteiger partial charge in [0, 0.05) is 33.4 Å². The molecule has 0 aromatic rings. The first kappa shape index (κ1) is 16.8. The molecule has 1 aliphatic rings. The number of nitrogens with one attached hydrogen (secondary N) is 2. The Balaban J connectivity index is 2.38. The van der Waals surface area contributed by atoms with Crippen LogP contribution in [0.3, 0.4) is 0 Å². The molecule has 0 bridgehead atoms. The summed E-state index contributed by atoms with van der Waals surface area (Å²) in [7, 11) is 0.227. The summed E-state index contributed by atoms with van der Waals surface area (Å²) in [6.07, 6.45) is 1.85. The summed E-state index contributed by atoms with van der Waals surface area (Å²) in [4.78, 5) is 0. The zero-order valence-electron chi connectivity index (χ0n) is 12.2. The van der Waals surface area contributed by atoms with Gasteiger partial charge in [-0.1, -0.05) is 6.92 Å². The number of piperidine rings is 1. The fourth-order valence-electron chi connectivity index (χ4n) is 2.32. The summed E-state index contributed by atoms with van der Waals surface area (Å²) in [6.45, 7) is 5.14. The van der Waals surface area contributed by atoms with E-state index in [-0.39, 0.29) is 5.92 Å².